The summed E-state index contributed by atoms with van der Waals surface area (Å²) < 4.78 is 1.80. The molecule has 2 rings (SSSR count). The minimum absolute atomic E-state index is 0.553. The molecule has 0 radical (unpaired) electrons. The highest BCUT2D eigenvalue weighted by atomic mass is 35.5. The number of benzene rings is 1. The van der Waals surface area contributed by atoms with Crippen molar-refractivity contribution in [2.45, 2.75) is 19.9 Å². The molecule has 0 unspecified atom stereocenters. The molecule has 0 aliphatic rings. The monoisotopic (exact) mass is 297 g/mol. The van der Waals surface area contributed by atoms with Crippen LogP contribution in [-0.2, 0) is 13.6 Å². The van der Waals surface area contributed by atoms with Crippen LogP contribution in [0.5, 0.6) is 0 Å². The molecule has 0 aliphatic carbocycles. The maximum absolute atomic E-state index is 6.27. The van der Waals surface area contributed by atoms with Crippen LogP contribution < -0.4 is 5.32 Å². The highest BCUT2D eigenvalue weighted by Gasteiger charge is 2.14. The molecule has 5 heteroatoms. The van der Waals surface area contributed by atoms with Crippen LogP contribution in [0.3, 0.4) is 0 Å². The lowest BCUT2D eigenvalue weighted by molar-refractivity contribution is 0.675. The lowest BCUT2D eigenvalue weighted by Gasteiger charge is -2.06. The van der Waals surface area contributed by atoms with Gasteiger partial charge in [0.05, 0.1) is 15.7 Å². The van der Waals surface area contributed by atoms with Crippen LogP contribution >= 0.6 is 23.2 Å². The van der Waals surface area contributed by atoms with Gasteiger partial charge in [-0.05, 0) is 19.0 Å². The Hall–Kier alpha value is -1.03. The lowest BCUT2D eigenvalue weighted by Crippen LogP contribution is -2.13. The predicted molar refractivity (Wildman–Crippen MR) is 80.7 cm³/mol. The molecule has 0 aliphatic heterocycles. The van der Waals surface area contributed by atoms with Gasteiger partial charge in [0.25, 0.3) is 0 Å². The Kier molecular flexibility index (Phi) is 4.86. The third kappa shape index (κ3) is 3.30. The molecule has 0 saturated heterocycles. The first kappa shape index (κ1) is 14.4. The summed E-state index contributed by atoms with van der Waals surface area (Å²) in [7, 11) is 1.91. The van der Waals surface area contributed by atoms with Crippen molar-refractivity contribution in [2.75, 3.05) is 6.54 Å². The summed E-state index contributed by atoms with van der Waals surface area (Å²) in [5, 5.41) is 8.98. The number of nitrogens with one attached hydrogen (secondary N) is 1. The van der Waals surface area contributed by atoms with Crippen molar-refractivity contribution in [3.8, 4) is 11.3 Å². The zero-order valence-corrected chi connectivity index (χ0v) is 12.6. The summed E-state index contributed by atoms with van der Waals surface area (Å²) in [6, 6.07) is 5.62. The molecule has 1 N–H and O–H groups in total. The lowest BCUT2D eigenvalue weighted by atomic mass is 10.1. The summed E-state index contributed by atoms with van der Waals surface area (Å²) in [6.45, 7) is 3.91. The molecule has 1 aromatic heterocycles. The van der Waals surface area contributed by atoms with Gasteiger partial charge in [-0.2, -0.15) is 5.10 Å². The van der Waals surface area contributed by atoms with Crippen molar-refractivity contribution in [3.05, 3.63) is 40.0 Å². The fourth-order valence-electron chi connectivity index (χ4n) is 1.98. The average molecular weight is 298 g/mol. The van der Waals surface area contributed by atoms with Crippen molar-refractivity contribution in [3.63, 3.8) is 0 Å². The Balaban J connectivity index is 2.35. The van der Waals surface area contributed by atoms with Crippen LogP contribution in [0.2, 0.25) is 10.0 Å². The molecule has 0 atom stereocenters. The number of rotatable bonds is 5. The molecule has 102 valence electrons. The molecule has 19 heavy (non-hydrogen) atoms. The molecule has 3 nitrogen and oxygen atoms in total. The molecular weight excluding hydrogens is 281 g/mol. The van der Waals surface area contributed by atoms with E-state index in [0.717, 1.165) is 36.3 Å². The Labute approximate surface area is 123 Å². The SMILES string of the molecule is CCCNCc1cn(C)nc1-c1cccc(Cl)c1Cl. The molecule has 1 aromatic carbocycles. The van der Waals surface area contributed by atoms with Gasteiger partial charge in [-0.25, -0.2) is 0 Å². The van der Waals surface area contributed by atoms with Gasteiger partial charge in [0.15, 0.2) is 0 Å². The van der Waals surface area contributed by atoms with E-state index in [1.54, 1.807) is 10.7 Å². The fourth-order valence-corrected chi connectivity index (χ4v) is 2.37. The number of aryl methyl sites for hydroxylation is 1. The van der Waals surface area contributed by atoms with Crippen LogP contribution in [0.4, 0.5) is 0 Å². The molecule has 0 spiro atoms. The predicted octanol–water partition coefficient (Wildman–Crippen LogP) is 3.89. The summed E-state index contributed by atoms with van der Waals surface area (Å²) in [6.07, 6.45) is 3.11. The van der Waals surface area contributed by atoms with Crippen LogP contribution in [0, 0.1) is 0 Å². The number of hydrogen-bond acceptors (Lipinski definition) is 2. The molecule has 0 amide bonds. The van der Waals surface area contributed by atoms with E-state index in [1.165, 1.54) is 0 Å². The summed E-state index contributed by atoms with van der Waals surface area (Å²) >= 11 is 12.3. The van der Waals surface area contributed by atoms with E-state index in [4.69, 9.17) is 23.2 Å². The van der Waals surface area contributed by atoms with Crippen LogP contribution in [0.25, 0.3) is 11.3 Å². The van der Waals surface area contributed by atoms with Gasteiger partial charge in [-0.3, -0.25) is 4.68 Å². The molecular formula is C14H17Cl2N3. The quantitative estimate of drug-likeness (QED) is 0.849. The molecule has 1 heterocycles. The summed E-state index contributed by atoms with van der Waals surface area (Å²) in [5.74, 6) is 0. The maximum atomic E-state index is 6.27. The second-order valence-corrected chi connectivity index (χ2v) is 5.24. The normalized spacial score (nSPS) is 10.9. The zero-order chi connectivity index (χ0) is 13.8. The fraction of sp³-hybridized carbons (Fsp3) is 0.357. The van der Waals surface area contributed by atoms with E-state index >= 15 is 0 Å². The zero-order valence-electron chi connectivity index (χ0n) is 11.1. The second kappa shape index (κ2) is 6.42. The first-order valence-electron chi connectivity index (χ1n) is 6.31. The molecule has 2 aromatic rings. The topological polar surface area (TPSA) is 29.9 Å². The van der Waals surface area contributed by atoms with E-state index in [2.05, 4.69) is 17.3 Å². The molecule has 0 saturated carbocycles. The molecule has 0 bridgehead atoms. The highest BCUT2D eigenvalue weighted by molar-refractivity contribution is 6.43. The Morgan fingerprint density at radius 3 is 2.84 bits per heavy atom. The van der Waals surface area contributed by atoms with Crippen molar-refractivity contribution in [2.24, 2.45) is 7.05 Å². The standard InChI is InChI=1S/C14H17Cl2N3/c1-3-7-17-8-10-9-19(2)18-14(10)11-5-4-6-12(15)13(11)16/h4-6,9,17H,3,7-8H2,1-2H3. The highest BCUT2D eigenvalue weighted by Crippen LogP contribution is 2.34. The van der Waals surface area contributed by atoms with Crippen LogP contribution in [0.15, 0.2) is 24.4 Å². The second-order valence-electron chi connectivity index (χ2n) is 4.45. The van der Waals surface area contributed by atoms with Gasteiger partial charge < -0.3 is 5.32 Å². The number of halogens is 2. The minimum atomic E-state index is 0.553. The van der Waals surface area contributed by atoms with E-state index in [1.807, 2.05) is 25.4 Å². The maximum Gasteiger partial charge on any atom is 0.0983 e. The minimum Gasteiger partial charge on any atom is -0.313 e. The first-order chi connectivity index (χ1) is 9.13. The van der Waals surface area contributed by atoms with Gasteiger partial charge in [-0.15, -0.1) is 0 Å². The Morgan fingerprint density at radius 1 is 1.32 bits per heavy atom. The van der Waals surface area contributed by atoms with Crippen LogP contribution in [-0.4, -0.2) is 16.3 Å². The third-order valence-corrected chi connectivity index (χ3v) is 3.67. The average Bonchev–Trinajstić information content (AvgIpc) is 2.74. The first-order valence-corrected chi connectivity index (χ1v) is 7.06. The van der Waals surface area contributed by atoms with E-state index in [-0.39, 0.29) is 0 Å². The van der Waals surface area contributed by atoms with Crippen LogP contribution in [0.1, 0.15) is 18.9 Å². The summed E-state index contributed by atoms with van der Waals surface area (Å²) in [5.41, 5.74) is 2.89. The van der Waals surface area contributed by atoms with Gasteiger partial charge in [0.2, 0.25) is 0 Å². The number of nitrogens with zero attached hydrogens (tertiary/aromatic N) is 2. The third-order valence-electron chi connectivity index (χ3n) is 2.85. The van der Waals surface area contributed by atoms with Crippen molar-refractivity contribution < 1.29 is 0 Å². The number of hydrogen-bond donors (Lipinski definition) is 1. The van der Waals surface area contributed by atoms with Crippen molar-refractivity contribution >= 4 is 23.2 Å². The van der Waals surface area contributed by atoms with Crippen molar-refractivity contribution in [1.82, 2.24) is 15.1 Å². The largest absolute Gasteiger partial charge is 0.313 e. The Bertz CT molecular complexity index is 564. The summed E-state index contributed by atoms with van der Waals surface area (Å²) in [4.78, 5) is 0. The smallest absolute Gasteiger partial charge is 0.0983 e. The van der Waals surface area contributed by atoms with Crippen molar-refractivity contribution in [1.29, 1.82) is 0 Å². The van der Waals surface area contributed by atoms with Gasteiger partial charge in [0, 0.05) is 30.9 Å². The van der Waals surface area contributed by atoms with E-state index in [9.17, 15) is 0 Å². The van der Waals surface area contributed by atoms with Gasteiger partial charge in [-0.1, -0.05) is 42.3 Å². The number of aromatic nitrogens is 2. The van der Waals surface area contributed by atoms with Gasteiger partial charge >= 0.3 is 0 Å². The Morgan fingerprint density at radius 2 is 2.11 bits per heavy atom. The van der Waals surface area contributed by atoms with Gasteiger partial charge in [0.1, 0.15) is 0 Å². The van der Waals surface area contributed by atoms with E-state index in [0.29, 0.717) is 10.0 Å². The molecule has 0 fully saturated rings. The van der Waals surface area contributed by atoms with E-state index < -0.39 is 0 Å².